The first-order chi connectivity index (χ1) is 10.5. The van der Waals surface area contributed by atoms with Gasteiger partial charge in [-0.3, -0.25) is 0 Å². The third kappa shape index (κ3) is 2.72. The summed E-state index contributed by atoms with van der Waals surface area (Å²) in [7, 11) is -1.29. The third-order valence-electron chi connectivity index (χ3n) is 4.08. The molecule has 114 valence electrons. The highest BCUT2D eigenvalue weighted by Gasteiger charge is 2.22. The Hall–Kier alpha value is -1.91. The SMILES string of the molecule is CNCC1c2ccccc2C=Cc2ccc(S(C)(=O)=O)cc21. The summed E-state index contributed by atoms with van der Waals surface area (Å²) in [5, 5.41) is 3.23. The molecule has 0 radical (unpaired) electrons. The van der Waals surface area contributed by atoms with Gasteiger partial charge in [0, 0.05) is 18.7 Å². The molecule has 0 bridgehead atoms. The Morgan fingerprint density at radius 2 is 1.68 bits per heavy atom. The molecule has 1 N–H and O–H groups in total. The highest BCUT2D eigenvalue weighted by molar-refractivity contribution is 7.90. The predicted molar refractivity (Wildman–Crippen MR) is 90.7 cm³/mol. The maximum atomic E-state index is 11.9. The van der Waals surface area contributed by atoms with Crippen molar-refractivity contribution in [3.05, 3.63) is 64.7 Å². The molecule has 0 saturated carbocycles. The van der Waals surface area contributed by atoms with Crippen molar-refractivity contribution in [2.24, 2.45) is 0 Å². The van der Waals surface area contributed by atoms with E-state index in [1.54, 1.807) is 6.07 Å². The topological polar surface area (TPSA) is 46.2 Å². The standard InChI is InChI=1S/C18H19NO2S/c1-19-12-18-16-6-4-3-5-13(16)7-8-14-9-10-15(11-17(14)18)22(2,20)21/h3-11,18-19H,12H2,1-2H3. The molecule has 2 aromatic rings. The van der Waals surface area contributed by atoms with E-state index in [4.69, 9.17) is 0 Å². The van der Waals surface area contributed by atoms with Crippen LogP contribution in [0.15, 0.2) is 47.4 Å². The fraction of sp³-hybridized carbons (Fsp3) is 0.222. The summed E-state index contributed by atoms with van der Waals surface area (Å²) in [6.45, 7) is 0.763. The average Bonchev–Trinajstić information content (AvgIpc) is 2.64. The molecule has 22 heavy (non-hydrogen) atoms. The van der Waals surface area contributed by atoms with Gasteiger partial charge in [0.2, 0.25) is 0 Å². The molecule has 0 aromatic heterocycles. The zero-order chi connectivity index (χ0) is 15.7. The van der Waals surface area contributed by atoms with Gasteiger partial charge < -0.3 is 5.32 Å². The van der Waals surface area contributed by atoms with Crippen molar-refractivity contribution in [3.63, 3.8) is 0 Å². The zero-order valence-corrected chi connectivity index (χ0v) is 13.5. The van der Waals surface area contributed by atoms with Gasteiger partial charge in [-0.2, -0.15) is 0 Å². The molecule has 1 atom stereocenters. The second-order valence-electron chi connectivity index (χ2n) is 5.64. The Bertz CT molecular complexity index is 838. The van der Waals surface area contributed by atoms with Crippen LogP contribution in [0.4, 0.5) is 0 Å². The molecular weight excluding hydrogens is 294 g/mol. The minimum atomic E-state index is -3.21. The summed E-state index contributed by atoms with van der Waals surface area (Å²) < 4.78 is 23.8. The molecule has 1 aliphatic carbocycles. The van der Waals surface area contributed by atoms with Crippen LogP contribution in [0.3, 0.4) is 0 Å². The van der Waals surface area contributed by atoms with E-state index < -0.39 is 9.84 Å². The van der Waals surface area contributed by atoms with E-state index in [1.807, 2.05) is 31.3 Å². The molecule has 0 heterocycles. The van der Waals surface area contributed by atoms with Crippen LogP contribution in [0.25, 0.3) is 12.2 Å². The summed E-state index contributed by atoms with van der Waals surface area (Å²) in [5.41, 5.74) is 4.53. The number of hydrogen-bond acceptors (Lipinski definition) is 3. The minimum Gasteiger partial charge on any atom is -0.319 e. The average molecular weight is 313 g/mol. The molecular formula is C18H19NO2S. The summed E-state index contributed by atoms with van der Waals surface area (Å²) in [6, 6.07) is 13.7. The van der Waals surface area contributed by atoms with Crippen LogP contribution >= 0.6 is 0 Å². The van der Waals surface area contributed by atoms with Gasteiger partial charge in [-0.15, -0.1) is 0 Å². The van der Waals surface area contributed by atoms with Crippen molar-refractivity contribution in [1.29, 1.82) is 0 Å². The number of fused-ring (bicyclic) bond motifs is 2. The molecule has 1 unspecified atom stereocenters. The van der Waals surface area contributed by atoms with E-state index in [1.165, 1.54) is 17.4 Å². The molecule has 1 aliphatic rings. The summed E-state index contributed by atoms with van der Waals surface area (Å²) in [4.78, 5) is 0.375. The Morgan fingerprint density at radius 3 is 2.36 bits per heavy atom. The number of hydrogen-bond donors (Lipinski definition) is 1. The van der Waals surface area contributed by atoms with E-state index in [0.717, 1.165) is 17.7 Å². The van der Waals surface area contributed by atoms with Crippen LogP contribution in [0.1, 0.15) is 28.2 Å². The number of sulfone groups is 1. The van der Waals surface area contributed by atoms with Crippen molar-refractivity contribution in [1.82, 2.24) is 5.32 Å². The smallest absolute Gasteiger partial charge is 0.175 e. The lowest BCUT2D eigenvalue weighted by atomic mass is 9.87. The molecule has 0 amide bonds. The fourth-order valence-electron chi connectivity index (χ4n) is 2.99. The van der Waals surface area contributed by atoms with Crippen molar-refractivity contribution in [2.45, 2.75) is 10.8 Å². The molecule has 3 nitrogen and oxygen atoms in total. The fourth-order valence-corrected chi connectivity index (χ4v) is 3.64. The van der Waals surface area contributed by atoms with E-state index in [2.05, 4.69) is 29.6 Å². The molecule has 0 fully saturated rings. The molecule has 2 aromatic carbocycles. The highest BCUT2D eigenvalue weighted by Crippen LogP contribution is 2.35. The minimum absolute atomic E-state index is 0.132. The van der Waals surface area contributed by atoms with Crippen molar-refractivity contribution < 1.29 is 8.42 Å². The summed E-state index contributed by atoms with van der Waals surface area (Å²) in [5.74, 6) is 0.132. The van der Waals surface area contributed by atoms with E-state index in [-0.39, 0.29) is 5.92 Å². The first-order valence-corrected chi connectivity index (χ1v) is 9.15. The maximum absolute atomic E-state index is 11.9. The van der Waals surface area contributed by atoms with Crippen LogP contribution in [-0.2, 0) is 9.84 Å². The lowest BCUT2D eigenvalue weighted by Gasteiger charge is -2.20. The lowest BCUT2D eigenvalue weighted by molar-refractivity contribution is 0.601. The normalized spacial score (nSPS) is 16.7. The lowest BCUT2D eigenvalue weighted by Crippen LogP contribution is -2.19. The Labute approximate surface area is 131 Å². The second-order valence-corrected chi connectivity index (χ2v) is 7.65. The molecule has 4 heteroatoms. The summed E-state index contributed by atoms with van der Waals surface area (Å²) in [6.07, 6.45) is 5.42. The Balaban J connectivity index is 2.24. The first-order valence-electron chi connectivity index (χ1n) is 7.26. The van der Waals surface area contributed by atoms with Gasteiger partial charge in [-0.1, -0.05) is 42.5 Å². The largest absolute Gasteiger partial charge is 0.319 e. The van der Waals surface area contributed by atoms with Gasteiger partial charge in [0.05, 0.1) is 4.90 Å². The highest BCUT2D eigenvalue weighted by atomic mass is 32.2. The quantitative estimate of drug-likeness (QED) is 0.947. The predicted octanol–water partition coefficient (Wildman–Crippen LogP) is 2.93. The number of nitrogens with one attached hydrogen (secondary N) is 1. The zero-order valence-electron chi connectivity index (χ0n) is 12.7. The molecule has 3 rings (SSSR count). The monoisotopic (exact) mass is 313 g/mol. The second kappa shape index (κ2) is 5.71. The van der Waals surface area contributed by atoms with Gasteiger partial charge in [0.25, 0.3) is 0 Å². The number of benzene rings is 2. The van der Waals surface area contributed by atoms with Crippen molar-refractivity contribution >= 4 is 22.0 Å². The van der Waals surface area contributed by atoms with Gasteiger partial charge in [-0.25, -0.2) is 8.42 Å². The number of likely N-dealkylation sites (N-methyl/N-ethyl adjacent to an activating group) is 1. The number of rotatable bonds is 3. The van der Waals surface area contributed by atoms with E-state index in [9.17, 15) is 8.42 Å². The van der Waals surface area contributed by atoms with Crippen LogP contribution in [0, 0.1) is 0 Å². The molecule has 0 spiro atoms. The Kier molecular flexibility index (Phi) is 3.89. The van der Waals surface area contributed by atoms with E-state index >= 15 is 0 Å². The third-order valence-corrected chi connectivity index (χ3v) is 5.19. The van der Waals surface area contributed by atoms with Crippen LogP contribution in [-0.4, -0.2) is 28.3 Å². The van der Waals surface area contributed by atoms with E-state index in [0.29, 0.717) is 4.90 Å². The molecule has 0 aliphatic heterocycles. The maximum Gasteiger partial charge on any atom is 0.175 e. The van der Waals surface area contributed by atoms with Crippen molar-refractivity contribution in [3.8, 4) is 0 Å². The summed E-state index contributed by atoms with van der Waals surface area (Å²) >= 11 is 0. The van der Waals surface area contributed by atoms with Gasteiger partial charge >= 0.3 is 0 Å². The first kappa shape index (κ1) is 15.0. The van der Waals surface area contributed by atoms with Crippen LogP contribution in [0.2, 0.25) is 0 Å². The van der Waals surface area contributed by atoms with Gasteiger partial charge in [0.1, 0.15) is 0 Å². The van der Waals surface area contributed by atoms with Gasteiger partial charge in [-0.05, 0) is 41.4 Å². The Morgan fingerprint density at radius 1 is 1.00 bits per heavy atom. The van der Waals surface area contributed by atoms with Crippen LogP contribution in [0.5, 0.6) is 0 Å². The van der Waals surface area contributed by atoms with Crippen molar-refractivity contribution in [2.75, 3.05) is 19.8 Å². The van der Waals surface area contributed by atoms with Crippen LogP contribution < -0.4 is 5.32 Å². The van der Waals surface area contributed by atoms with Gasteiger partial charge in [0.15, 0.2) is 9.84 Å². The molecule has 0 saturated heterocycles.